The van der Waals surface area contributed by atoms with Crippen molar-refractivity contribution in [3.8, 4) is 0 Å². The monoisotopic (exact) mass is 420 g/mol. The van der Waals surface area contributed by atoms with E-state index in [1.165, 1.54) is 0 Å². The number of benzene rings is 2. The average molecular weight is 420 g/mol. The Morgan fingerprint density at radius 2 is 1.81 bits per heavy atom. The van der Waals surface area contributed by atoms with E-state index in [0.29, 0.717) is 24.5 Å². The highest BCUT2D eigenvalue weighted by atomic mass is 16.5. The number of esters is 1. The summed E-state index contributed by atoms with van der Waals surface area (Å²) in [5.74, 6) is 0.0134. The van der Waals surface area contributed by atoms with Crippen molar-refractivity contribution in [3.63, 3.8) is 0 Å². The molecule has 0 aliphatic carbocycles. The van der Waals surface area contributed by atoms with Gasteiger partial charge >= 0.3 is 5.97 Å². The molecule has 1 unspecified atom stereocenters. The van der Waals surface area contributed by atoms with Gasteiger partial charge in [0.2, 0.25) is 0 Å². The smallest absolute Gasteiger partial charge is 0.309 e. The van der Waals surface area contributed by atoms with Gasteiger partial charge in [0, 0.05) is 42.0 Å². The van der Waals surface area contributed by atoms with Crippen molar-refractivity contribution in [2.24, 2.45) is 0 Å². The van der Waals surface area contributed by atoms with Crippen molar-refractivity contribution in [1.82, 2.24) is 4.90 Å². The lowest BCUT2D eigenvalue weighted by Gasteiger charge is -2.26. The third-order valence-corrected chi connectivity index (χ3v) is 5.84. The molecule has 0 saturated carbocycles. The first-order valence-electron chi connectivity index (χ1n) is 10.6. The van der Waals surface area contributed by atoms with Crippen LogP contribution in [0.4, 0.5) is 5.69 Å². The normalized spacial score (nSPS) is 22.5. The number of anilines is 1. The molecular formula is C24H24N2O5. The van der Waals surface area contributed by atoms with Crippen molar-refractivity contribution >= 4 is 28.9 Å². The van der Waals surface area contributed by atoms with Gasteiger partial charge in [0.1, 0.15) is 18.5 Å². The lowest BCUT2D eigenvalue weighted by Crippen LogP contribution is -2.38. The first-order chi connectivity index (χ1) is 15.2. The van der Waals surface area contributed by atoms with E-state index in [-0.39, 0.29) is 18.3 Å². The molecule has 2 aromatic carbocycles. The number of para-hydroxylation sites is 1. The van der Waals surface area contributed by atoms with Crippen molar-refractivity contribution in [2.45, 2.75) is 12.5 Å². The third-order valence-electron chi connectivity index (χ3n) is 5.84. The lowest BCUT2D eigenvalue weighted by molar-refractivity contribution is -0.146. The Balaban J connectivity index is 1.31. The molecule has 3 aliphatic heterocycles. The molecule has 0 aromatic heterocycles. The molecule has 3 heterocycles. The molecule has 0 radical (unpaired) electrons. The fourth-order valence-corrected chi connectivity index (χ4v) is 4.27. The summed E-state index contributed by atoms with van der Waals surface area (Å²) < 4.78 is 17.0. The minimum Gasteiger partial charge on any atom is -0.484 e. The molecule has 3 aliphatic rings. The molecule has 1 amide bonds. The number of nitrogens with zero attached hydrogens (tertiary/aromatic N) is 1. The van der Waals surface area contributed by atoms with Gasteiger partial charge in [0.05, 0.1) is 25.2 Å². The van der Waals surface area contributed by atoms with E-state index < -0.39 is 6.10 Å². The zero-order valence-corrected chi connectivity index (χ0v) is 17.1. The van der Waals surface area contributed by atoms with Crippen LogP contribution in [0, 0.1) is 0 Å². The second-order valence-corrected chi connectivity index (χ2v) is 7.78. The van der Waals surface area contributed by atoms with E-state index >= 15 is 0 Å². The summed E-state index contributed by atoms with van der Waals surface area (Å²) in [7, 11) is 0. The summed E-state index contributed by atoms with van der Waals surface area (Å²) in [6.45, 7) is 4.19. The number of carbonyl (C=O) groups is 2. The first-order valence-corrected chi connectivity index (χ1v) is 10.6. The molecule has 1 atom stereocenters. The number of rotatable bonds is 5. The number of morpholine rings is 1. The van der Waals surface area contributed by atoms with Gasteiger partial charge in [-0.15, -0.1) is 0 Å². The predicted octanol–water partition coefficient (Wildman–Crippen LogP) is 2.84. The van der Waals surface area contributed by atoms with Crippen LogP contribution < -0.4 is 5.32 Å². The van der Waals surface area contributed by atoms with E-state index in [1.54, 1.807) is 0 Å². The second kappa shape index (κ2) is 8.53. The average Bonchev–Trinajstić information content (AvgIpc) is 3.31. The SMILES string of the molecule is O=C(CC1O/C(=C2\C(=O)Nc3ccccc32)c2ccccc21)OCCN1CCOCC1. The van der Waals surface area contributed by atoms with Crippen molar-refractivity contribution < 1.29 is 23.8 Å². The number of hydrogen-bond donors (Lipinski definition) is 1. The van der Waals surface area contributed by atoms with E-state index in [0.717, 1.165) is 48.7 Å². The third kappa shape index (κ3) is 3.94. The molecule has 7 heteroatoms. The Hall–Kier alpha value is -3.16. The van der Waals surface area contributed by atoms with Gasteiger partial charge < -0.3 is 19.5 Å². The molecule has 7 nitrogen and oxygen atoms in total. The number of carbonyl (C=O) groups excluding carboxylic acids is 2. The van der Waals surface area contributed by atoms with Crippen LogP contribution in [-0.2, 0) is 23.8 Å². The van der Waals surface area contributed by atoms with E-state index in [1.807, 2.05) is 48.5 Å². The van der Waals surface area contributed by atoms with E-state index in [2.05, 4.69) is 10.2 Å². The highest BCUT2D eigenvalue weighted by molar-refractivity contribution is 6.36. The summed E-state index contributed by atoms with van der Waals surface area (Å²) in [6.07, 6.45) is -0.379. The summed E-state index contributed by atoms with van der Waals surface area (Å²) in [5, 5.41) is 2.89. The molecule has 2 aromatic rings. The van der Waals surface area contributed by atoms with Crippen LogP contribution in [0.3, 0.4) is 0 Å². The Morgan fingerprint density at radius 3 is 2.65 bits per heavy atom. The standard InChI is InChI=1S/C24H24N2O5/c27-21(30-14-11-26-9-12-29-13-10-26)15-20-16-5-1-2-6-17(16)23(31-20)22-18-7-3-4-8-19(18)25-24(22)28/h1-8,20H,9-15H2,(H,25,28)/b23-22-. The fourth-order valence-electron chi connectivity index (χ4n) is 4.27. The molecule has 31 heavy (non-hydrogen) atoms. The van der Waals surface area contributed by atoms with Crippen LogP contribution in [-0.4, -0.2) is 56.2 Å². The van der Waals surface area contributed by atoms with Crippen LogP contribution in [0.2, 0.25) is 0 Å². The zero-order chi connectivity index (χ0) is 21.2. The summed E-state index contributed by atoms with van der Waals surface area (Å²) in [4.78, 5) is 27.4. The van der Waals surface area contributed by atoms with Crippen LogP contribution >= 0.6 is 0 Å². The molecular weight excluding hydrogens is 396 g/mol. The van der Waals surface area contributed by atoms with Crippen molar-refractivity contribution in [1.29, 1.82) is 0 Å². The zero-order valence-electron chi connectivity index (χ0n) is 17.1. The van der Waals surface area contributed by atoms with E-state index in [4.69, 9.17) is 14.2 Å². The predicted molar refractivity (Wildman–Crippen MR) is 115 cm³/mol. The molecule has 1 N–H and O–H groups in total. The molecule has 1 fully saturated rings. The van der Waals surface area contributed by atoms with Crippen LogP contribution in [0.15, 0.2) is 48.5 Å². The maximum atomic E-state index is 12.7. The largest absolute Gasteiger partial charge is 0.484 e. The fraction of sp³-hybridized carbons (Fsp3) is 0.333. The first kappa shape index (κ1) is 19.8. The maximum Gasteiger partial charge on any atom is 0.309 e. The number of amides is 1. The Kier molecular flexibility index (Phi) is 5.44. The van der Waals surface area contributed by atoms with Crippen LogP contribution in [0.25, 0.3) is 11.3 Å². The summed E-state index contributed by atoms with van der Waals surface area (Å²) in [5.41, 5.74) is 3.82. The quantitative estimate of drug-likeness (QED) is 0.592. The minimum atomic E-state index is -0.477. The Bertz CT molecular complexity index is 1040. The van der Waals surface area contributed by atoms with Gasteiger partial charge in [-0.25, -0.2) is 0 Å². The number of ether oxygens (including phenoxy) is 3. The molecule has 160 valence electrons. The van der Waals surface area contributed by atoms with Crippen molar-refractivity contribution in [2.75, 3.05) is 44.8 Å². The van der Waals surface area contributed by atoms with Gasteiger partial charge in [-0.3, -0.25) is 14.5 Å². The topological polar surface area (TPSA) is 77.1 Å². The second-order valence-electron chi connectivity index (χ2n) is 7.78. The van der Waals surface area contributed by atoms with E-state index in [9.17, 15) is 9.59 Å². The number of nitrogens with one attached hydrogen (secondary N) is 1. The molecule has 0 spiro atoms. The molecule has 1 saturated heterocycles. The summed E-state index contributed by atoms with van der Waals surface area (Å²) in [6, 6.07) is 15.2. The number of fused-ring (bicyclic) bond motifs is 2. The Morgan fingerprint density at radius 1 is 1.06 bits per heavy atom. The van der Waals surface area contributed by atoms with Gasteiger partial charge in [0.15, 0.2) is 0 Å². The van der Waals surface area contributed by atoms with Gasteiger partial charge in [-0.1, -0.05) is 42.5 Å². The highest BCUT2D eigenvalue weighted by Crippen LogP contribution is 2.46. The lowest BCUT2D eigenvalue weighted by atomic mass is 9.98. The molecule has 0 bridgehead atoms. The van der Waals surface area contributed by atoms with Crippen LogP contribution in [0.5, 0.6) is 0 Å². The maximum absolute atomic E-state index is 12.7. The van der Waals surface area contributed by atoms with Gasteiger partial charge in [-0.2, -0.15) is 0 Å². The highest BCUT2D eigenvalue weighted by Gasteiger charge is 2.37. The molecule has 5 rings (SSSR count). The summed E-state index contributed by atoms with van der Waals surface area (Å²) >= 11 is 0. The van der Waals surface area contributed by atoms with Gasteiger partial charge in [0.25, 0.3) is 5.91 Å². The van der Waals surface area contributed by atoms with Crippen molar-refractivity contribution in [3.05, 3.63) is 65.2 Å². The van der Waals surface area contributed by atoms with Crippen LogP contribution in [0.1, 0.15) is 29.2 Å². The van der Waals surface area contributed by atoms with Gasteiger partial charge in [-0.05, 0) is 6.07 Å². The number of hydrogen-bond acceptors (Lipinski definition) is 6. The minimum absolute atomic E-state index is 0.0974. The Labute approximate surface area is 180 Å².